The van der Waals surface area contributed by atoms with Crippen LogP contribution >= 0.6 is 0 Å². The predicted octanol–water partition coefficient (Wildman–Crippen LogP) is 2.83. The molecule has 22 heavy (non-hydrogen) atoms. The Morgan fingerprint density at radius 1 is 1.36 bits per heavy atom. The molecule has 0 aliphatic carbocycles. The number of benzene rings is 1. The molecular weight excluding hydrogens is 282 g/mol. The number of pyridine rings is 1. The van der Waals surface area contributed by atoms with Crippen LogP contribution in [-0.4, -0.2) is 26.4 Å². The molecule has 0 saturated heterocycles. The number of anilines is 1. The minimum atomic E-state index is -0.446. The Morgan fingerprint density at radius 2 is 2.18 bits per heavy atom. The molecule has 2 N–H and O–H groups in total. The maximum absolute atomic E-state index is 10.7. The number of para-hydroxylation sites is 2. The van der Waals surface area contributed by atoms with Gasteiger partial charge in [0.05, 0.1) is 16.0 Å². The quantitative estimate of drug-likeness (QED) is 0.557. The summed E-state index contributed by atoms with van der Waals surface area (Å²) in [5.74, 6) is 1.55. The zero-order chi connectivity index (χ0) is 15.5. The standard InChI is InChI=1S/C15H15N5O2/c1-10-8-11(20(21)22)9-17-15(10)16-7-6-14-18-12-4-2-3-5-13(12)19-14/h2-5,8-9H,6-7H2,1H3,(H,16,17)(H,18,19). The fourth-order valence-corrected chi connectivity index (χ4v) is 2.27. The van der Waals surface area contributed by atoms with Crippen LogP contribution in [0.25, 0.3) is 11.0 Å². The molecule has 0 amide bonds. The highest BCUT2D eigenvalue weighted by atomic mass is 16.6. The Kier molecular flexibility index (Phi) is 3.69. The van der Waals surface area contributed by atoms with Crippen LogP contribution in [-0.2, 0) is 6.42 Å². The van der Waals surface area contributed by atoms with E-state index in [1.807, 2.05) is 24.3 Å². The van der Waals surface area contributed by atoms with Gasteiger partial charge >= 0.3 is 0 Å². The molecule has 1 aromatic carbocycles. The molecule has 3 aromatic rings. The van der Waals surface area contributed by atoms with Crippen molar-refractivity contribution in [3.63, 3.8) is 0 Å². The van der Waals surface area contributed by atoms with E-state index in [2.05, 4.69) is 20.3 Å². The van der Waals surface area contributed by atoms with E-state index in [1.54, 1.807) is 6.92 Å². The first-order chi connectivity index (χ1) is 10.6. The highest BCUT2D eigenvalue weighted by Crippen LogP contribution is 2.18. The van der Waals surface area contributed by atoms with Crippen molar-refractivity contribution in [3.05, 3.63) is 58.0 Å². The van der Waals surface area contributed by atoms with E-state index in [4.69, 9.17) is 0 Å². The van der Waals surface area contributed by atoms with Crippen molar-refractivity contribution in [2.24, 2.45) is 0 Å². The summed E-state index contributed by atoms with van der Waals surface area (Å²) in [4.78, 5) is 22.1. The number of nitrogens with zero attached hydrogens (tertiary/aromatic N) is 3. The number of hydrogen-bond acceptors (Lipinski definition) is 5. The average molecular weight is 297 g/mol. The number of aromatic amines is 1. The zero-order valence-corrected chi connectivity index (χ0v) is 12.0. The number of imidazole rings is 1. The highest BCUT2D eigenvalue weighted by molar-refractivity contribution is 5.74. The molecule has 0 unspecified atom stereocenters. The molecule has 3 rings (SSSR count). The topological polar surface area (TPSA) is 96.7 Å². The monoisotopic (exact) mass is 297 g/mol. The number of fused-ring (bicyclic) bond motifs is 1. The maximum Gasteiger partial charge on any atom is 0.287 e. The fourth-order valence-electron chi connectivity index (χ4n) is 2.27. The number of aryl methyl sites for hydroxylation is 1. The third kappa shape index (κ3) is 2.88. The molecule has 0 spiro atoms. The van der Waals surface area contributed by atoms with Crippen molar-refractivity contribution < 1.29 is 4.92 Å². The Labute approximate surface area is 126 Å². The molecule has 2 heterocycles. The Morgan fingerprint density at radius 3 is 2.91 bits per heavy atom. The molecule has 112 valence electrons. The van der Waals surface area contributed by atoms with E-state index < -0.39 is 4.92 Å². The van der Waals surface area contributed by atoms with E-state index in [-0.39, 0.29) is 5.69 Å². The molecule has 0 radical (unpaired) electrons. The third-order valence-corrected chi connectivity index (χ3v) is 3.37. The molecule has 7 heteroatoms. The van der Waals surface area contributed by atoms with Gasteiger partial charge in [0.15, 0.2) is 0 Å². The lowest BCUT2D eigenvalue weighted by atomic mass is 10.2. The van der Waals surface area contributed by atoms with Gasteiger partial charge in [-0.3, -0.25) is 10.1 Å². The summed E-state index contributed by atoms with van der Waals surface area (Å²) >= 11 is 0. The second-order valence-electron chi connectivity index (χ2n) is 4.99. The highest BCUT2D eigenvalue weighted by Gasteiger charge is 2.09. The van der Waals surface area contributed by atoms with Gasteiger partial charge in [-0.2, -0.15) is 0 Å². The van der Waals surface area contributed by atoms with Crippen molar-refractivity contribution >= 4 is 22.5 Å². The summed E-state index contributed by atoms with van der Waals surface area (Å²) < 4.78 is 0. The average Bonchev–Trinajstić information content (AvgIpc) is 2.91. The largest absolute Gasteiger partial charge is 0.369 e. The Bertz CT molecular complexity index is 795. The number of H-pyrrole nitrogens is 1. The van der Waals surface area contributed by atoms with Crippen molar-refractivity contribution in [2.75, 3.05) is 11.9 Å². The summed E-state index contributed by atoms with van der Waals surface area (Å²) in [5, 5.41) is 13.9. The molecule has 0 aliphatic heterocycles. The fraction of sp³-hybridized carbons (Fsp3) is 0.200. The molecular formula is C15H15N5O2. The van der Waals surface area contributed by atoms with Gasteiger partial charge in [-0.1, -0.05) is 12.1 Å². The van der Waals surface area contributed by atoms with Gasteiger partial charge in [0.25, 0.3) is 5.69 Å². The van der Waals surface area contributed by atoms with Crippen LogP contribution < -0.4 is 5.32 Å². The first-order valence-corrected chi connectivity index (χ1v) is 6.92. The molecule has 0 saturated carbocycles. The summed E-state index contributed by atoms with van der Waals surface area (Å²) in [6.45, 7) is 2.44. The molecule has 2 aromatic heterocycles. The predicted molar refractivity (Wildman–Crippen MR) is 83.9 cm³/mol. The summed E-state index contributed by atoms with van der Waals surface area (Å²) in [5.41, 5.74) is 2.71. The SMILES string of the molecule is Cc1cc([N+](=O)[O-])cnc1NCCc1nc2ccccc2[nH]1. The maximum atomic E-state index is 10.7. The van der Waals surface area contributed by atoms with Gasteiger partial charge in [-0.05, 0) is 24.6 Å². The third-order valence-electron chi connectivity index (χ3n) is 3.37. The van der Waals surface area contributed by atoms with Crippen LogP contribution in [0, 0.1) is 17.0 Å². The first-order valence-electron chi connectivity index (χ1n) is 6.92. The summed E-state index contributed by atoms with van der Waals surface area (Å²) in [6.07, 6.45) is 1.98. The van der Waals surface area contributed by atoms with E-state index >= 15 is 0 Å². The van der Waals surface area contributed by atoms with Gasteiger partial charge in [-0.25, -0.2) is 9.97 Å². The molecule has 0 fully saturated rings. The van der Waals surface area contributed by atoms with Gasteiger partial charge < -0.3 is 10.3 Å². The van der Waals surface area contributed by atoms with Crippen molar-refractivity contribution in [1.29, 1.82) is 0 Å². The first kappa shape index (κ1) is 14.0. The zero-order valence-electron chi connectivity index (χ0n) is 12.0. The molecule has 0 aliphatic rings. The van der Waals surface area contributed by atoms with Crippen molar-refractivity contribution in [1.82, 2.24) is 15.0 Å². The van der Waals surface area contributed by atoms with E-state index in [0.717, 1.165) is 22.4 Å². The minimum absolute atomic E-state index is 0.000309. The number of hydrogen-bond donors (Lipinski definition) is 2. The van der Waals surface area contributed by atoms with Crippen LogP contribution in [0.2, 0.25) is 0 Å². The second kappa shape index (κ2) is 5.80. The summed E-state index contributed by atoms with van der Waals surface area (Å²) in [7, 11) is 0. The van der Waals surface area contributed by atoms with E-state index in [1.165, 1.54) is 12.3 Å². The van der Waals surface area contributed by atoms with Crippen molar-refractivity contribution in [2.45, 2.75) is 13.3 Å². The Balaban J connectivity index is 1.64. The second-order valence-corrected chi connectivity index (χ2v) is 4.99. The molecule has 7 nitrogen and oxygen atoms in total. The number of nitro groups is 1. The lowest BCUT2D eigenvalue weighted by Crippen LogP contribution is -2.08. The molecule has 0 bridgehead atoms. The van der Waals surface area contributed by atoms with Crippen molar-refractivity contribution in [3.8, 4) is 0 Å². The smallest absolute Gasteiger partial charge is 0.287 e. The lowest BCUT2D eigenvalue weighted by Gasteiger charge is -2.07. The van der Waals surface area contributed by atoms with Gasteiger partial charge in [0.1, 0.15) is 17.8 Å². The van der Waals surface area contributed by atoms with Crippen LogP contribution in [0.4, 0.5) is 11.5 Å². The minimum Gasteiger partial charge on any atom is -0.369 e. The van der Waals surface area contributed by atoms with Crippen LogP contribution in [0.5, 0.6) is 0 Å². The number of rotatable bonds is 5. The van der Waals surface area contributed by atoms with Gasteiger partial charge in [-0.15, -0.1) is 0 Å². The van der Waals surface area contributed by atoms with Crippen LogP contribution in [0.1, 0.15) is 11.4 Å². The van der Waals surface area contributed by atoms with Crippen LogP contribution in [0.3, 0.4) is 0 Å². The normalized spacial score (nSPS) is 10.8. The van der Waals surface area contributed by atoms with E-state index in [0.29, 0.717) is 18.8 Å². The van der Waals surface area contributed by atoms with Crippen LogP contribution in [0.15, 0.2) is 36.5 Å². The summed E-state index contributed by atoms with van der Waals surface area (Å²) in [6, 6.07) is 9.38. The molecule has 0 atom stereocenters. The lowest BCUT2D eigenvalue weighted by molar-refractivity contribution is -0.385. The van der Waals surface area contributed by atoms with Gasteiger partial charge in [0.2, 0.25) is 0 Å². The number of nitrogens with one attached hydrogen (secondary N) is 2. The Hall–Kier alpha value is -2.96. The van der Waals surface area contributed by atoms with E-state index in [9.17, 15) is 10.1 Å². The van der Waals surface area contributed by atoms with Gasteiger partial charge in [0, 0.05) is 19.0 Å². The number of aromatic nitrogens is 3.